The van der Waals surface area contributed by atoms with Gasteiger partial charge in [0, 0.05) is 6.04 Å². The fourth-order valence-corrected chi connectivity index (χ4v) is 2.81. The van der Waals surface area contributed by atoms with Gasteiger partial charge in [0.2, 0.25) is 0 Å². The van der Waals surface area contributed by atoms with Crippen LogP contribution >= 0.6 is 0 Å². The SMILES string of the molecule is Cc1ccc(C(C(C)CCN)N(C)C)c(C)c1C. The van der Waals surface area contributed by atoms with Crippen molar-refractivity contribution in [3.05, 3.63) is 34.4 Å². The van der Waals surface area contributed by atoms with Crippen LogP contribution in [0.4, 0.5) is 0 Å². The number of rotatable bonds is 5. The largest absolute Gasteiger partial charge is 0.330 e. The monoisotopic (exact) mass is 248 g/mol. The molecule has 1 aromatic carbocycles. The second-order valence-corrected chi connectivity index (χ2v) is 5.68. The zero-order valence-electron chi connectivity index (χ0n) is 12.7. The Morgan fingerprint density at radius 3 is 2.22 bits per heavy atom. The van der Waals surface area contributed by atoms with Crippen LogP contribution in [0.25, 0.3) is 0 Å². The van der Waals surface area contributed by atoms with Crippen LogP contribution in [-0.4, -0.2) is 25.5 Å². The molecule has 2 atom stereocenters. The highest BCUT2D eigenvalue weighted by molar-refractivity contribution is 5.40. The number of nitrogens with zero attached hydrogens (tertiary/aromatic N) is 1. The van der Waals surface area contributed by atoms with Crippen molar-refractivity contribution in [1.29, 1.82) is 0 Å². The van der Waals surface area contributed by atoms with E-state index in [-0.39, 0.29) is 0 Å². The average Bonchev–Trinajstić information content (AvgIpc) is 2.29. The van der Waals surface area contributed by atoms with Gasteiger partial charge in [-0.1, -0.05) is 19.1 Å². The molecule has 2 unspecified atom stereocenters. The third-order valence-corrected chi connectivity index (χ3v) is 4.14. The molecular formula is C16H28N2. The van der Waals surface area contributed by atoms with Gasteiger partial charge in [-0.15, -0.1) is 0 Å². The van der Waals surface area contributed by atoms with Crippen LogP contribution in [0, 0.1) is 26.7 Å². The summed E-state index contributed by atoms with van der Waals surface area (Å²) in [7, 11) is 4.32. The zero-order valence-corrected chi connectivity index (χ0v) is 12.7. The van der Waals surface area contributed by atoms with E-state index in [1.54, 1.807) is 0 Å². The van der Waals surface area contributed by atoms with Crippen LogP contribution in [0.15, 0.2) is 12.1 Å². The highest BCUT2D eigenvalue weighted by atomic mass is 15.1. The summed E-state index contributed by atoms with van der Waals surface area (Å²) in [6.07, 6.45) is 1.06. The molecule has 0 saturated heterocycles. The predicted octanol–water partition coefficient (Wildman–Crippen LogP) is 3.20. The summed E-state index contributed by atoms with van der Waals surface area (Å²) < 4.78 is 0. The first-order chi connectivity index (χ1) is 8.40. The van der Waals surface area contributed by atoms with Gasteiger partial charge in [-0.3, -0.25) is 0 Å². The lowest BCUT2D eigenvalue weighted by atomic mass is 9.86. The minimum absolute atomic E-state index is 0.452. The van der Waals surface area contributed by atoms with Gasteiger partial charge in [0.1, 0.15) is 0 Å². The summed E-state index contributed by atoms with van der Waals surface area (Å²) in [6.45, 7) is 9.69. The Morgan fingerprint density at radius 1 is 1.11 bits per heavy atom. The lowest BCUT2D eigenvalue weighted by molar-refractivity contribution is 0.216. The van der Waals surface area contributed by atoms with Crippen LogP contribution in [-0.2, 0) is 0 Å². The molecule has 0 aliphatic rings. The molecule has 2 N–H and O–H groups in total. The summed E-state index contributed by atoms with van der Waals surface area (Å²) in [5, 5.41) is 0. The first-order valence-corrected chi connectivity index (χ1v) is 6.83. The molecule has 0 aromatic heterocycles. The third kappa shape index (κ3) is 3.12. The maximum atomic E-state index is 5.72. The van der Waals surface area contributed by atoms with Crippen molar-refractivity contribution < 1.29 is 0 Å². The van der Waals surface area contributed by atoms with Gasteiger partial charge in [0.15, 0.2) is 0 Å². The van der Waals surface area contributed by atoms with Gasteiger partial charge in [-0.25, -0.2) is 0 Å². The van der Waals surface area contributed by atoms with Gasteiger partial charge >= 0.3 is 0 Å². The molecule has 0 spiro atoms. The van der Waals surface area contributed by atoms with Crippen LogP contribution in [0.1, 0.15) is 41.6 Å². The second-order valence-electron chi connectivity index (χ2n) is 5.68. The van der Waals surface area contributed by atoms with Gasteiger partial charge < -0.3 is 10.6 Å². The van der Waals surface area contributed by atoms with E-state index in [0.29, 0.717) is 12.0 Å². The van der Waals surface area contributed by atoms with E-state index in [2.05, 4.69) is 58.8 Å². The summed E-state index contributed by atoms with van der Waals surface area (Å²) in [5.41, 5.74) is 11.4. The van der Waals surface area contributed by atoms with Gasteiger partial charge in [-0.2, -0.15) is 0 Å². The minimum atomic E-state index is 0.452. The van der Waals surface area contributed by atoms with Crippen LogP contribution in [0.2, 0.25) is 0 Å². The molecular weight excluding hydrogens is 220 g/mol. The first kappa shape index (κ1) is 15.2. The van der Waals surface area contributed by atoms with E-state index in [1.165, 1.54) is 22.3 Å². The summed E-state index contributed by atoms with van der Waals surface area (Å²) >= 11 is 0. The normalized spacial score (nSPS) is 14.9. The highest BCUT2D eigenvalue weighted by Crippen LogP contribution is 2.32. The molecule has 0 bridgehead atoms. The molecule has 0 aliphatic heterocycles. The molecule has 1 rings (SSSR count). The molecule has 18 heavy (non-hydrogen) atoms. The number of hydrogen-bond donors (Lipinski definition) is 1. The summed E-state index contributed by atoms with van der Waals surface area (Å²) in [4.78, 5) is 2.32. The van der Waals surface area contributed by atoms with E-state index in [0.717, 1.165) is 13.0 Å². The molecule has 2 heteroatoms. The Labute approximate surface area is 112 Å². The molecule has 1 aromatic rings. The summed E-state index contributed by atoms with van der Waals surface area (Å²) in [6, 6.07) is 4.98. The van der Waals surface area contributed by atoms with Crippen LogP contribution < -0.4 is 5.73 Å². The van der Waals surface area contributed by atoms with Gasteiger partial charge in [-0.05, 0) is 76.0 Å². The maximum Gasteiger partial charge on any atom is 0.0370 e. The average molecular weight is 248 g/mol. The molecule has 0 aliphatic carbocycles. The maximum absolute atomic E-state index is 5.72. The van der Waals surface area contributed by atoms with Crippen LogP contribution in [0.5, 0.6) is 0 Å². The molecule has 2 nitrogen and oxygen atoms in total. The molecule has 0 amide bonds. The number of benzene rings is 1. The number of nitrogens with two attached hydrogens (primary N) is 1. The molecule has 0 fully saturated rings. The second kappa shape index (κ2) is 6.35. The van der Waals surface area contributed by atoms with Crippen molar-refractivity contribution in [3.8, 4) is 0 Å². The lowest BCUT2D eigenvalue weighted by Gasteiger charge is -2.32. The number of aryl methyl sites for hydroxylation is 1. The quantitative estimate of drug-likeness (QED) is 0.867. The summed E-state index contributed by atoms with van der Waals surface area (Å²) in [5.74, 6) is 0.575. The Morgan fingerprint density at radius 2 is 1.72 bits per heavy atom. The fourth-order valence-electron chi connectivity index (χ4n) is 2.81. The van der Waals surface area contributed by atoms with Gasteiger partial charge in [0.05, 0.1) is 0 Å². The predicted molar refractivity (Wildman–Crippen MR) is 79.9 cm³/mol. The van der Waals surface area contributed by atoms with E-state index in [1.807, 2.05) is 0 Å². The lowest BCUT2D eigenvalue weighted by Crippen LogP contribution is -2.28. The van der Waals surface area contributed by atoms with Crippen molar-refractivity contribution in [2.45, 2.75) is 40.2 Å². The van der Waals surface area contributed by atoms with Crippen LogP contribution in [0.3, 0.4) is 0 Å². The molecule has 0 heterocycles. The van der Waals surface area contributed by atoms with Gasteiger partial charge in [0.25, 0.3) is 0 Å². The molecule has 102 valence electrons. The zero-order chi connectivity index (χ0) is 13.9. The van der Waals surface area contributed by atoms with E-state index in [9.17, 15) is 0 Å². The highest BCUT2D eigenvalue weighted by Gasteiger charge is 2.23. The van der Waals surface area contributed by atoms with E-state index in [4.69, 9.17) is 5.73 Å². The van der Waals surface area contributed by atoms with E-state index >= 15 is 0 Å². The van der Waals surface area contributed by atoms with E-state index < -0.39 is 0 Å². The smallest absolute Gasteiger partial charge is 0.0370 e. The Kier molecular flexibility index (Phi) is 5.36. The Balaban J connectivity index is 3.18. The van der Waals surface area contributed by atoms with Crippen molar-refractivity contribution in [2.24, 2.45) is 11.7 Å². The Hall–Kier alpha value is -0.860. The fraction of sp³-hybridized carbons (Fsp3) is 0.625. The number of hydrogen-bond acceptors (Lipinski definition) is 2. The van der Waals surface area contributed by atoms with Crippen molar-refractivity contribution in [2.75, 3.05) is 20.6 Å². The third-order valence-electron chi connectivity index (χ3n) is 4.14. The standard InChI is InChI=1S/C16H28N2/c1-11-7-8-15(14(4)13(11)3)16(18(5)6)12(2)9-10-17/h7-8,12,16H,9-10,17H2,1-6H3. The van der Waals surface area contributed by atoms with Crippen molar-refractivity contribution in [1.82, 2.24) is 4.90 Å². The molecule has 0 radical (unpaired) electrons. The molecule has 0 saturated carbocycles. The minimum Gasteiger partial charge on any atom is -0.330 e. The Bertz CT molecular complexity index is 396. The van der Waals surface area contributed by atoms with Crippen molar-refractivity contribution >= 4 is 0 Å². The van der Waals surface area contributed by atoms with Crippen molar-refractivity contribution in [3.63, 3.8) is 0 Å². The first-order valence-electron chi connectivity index (χ1n) is 6.83. The topological polar surface area (TPSA) is 29.3 Å².